The van der Waals surface area contributed by atoms with E-state index in [1.165, 1.54) is 0 Å². The number of benzene rings is 1. The first-order chi connectivity index (χ1) is 9.72. The second kappa shape index (κ2) is 9.68. The molecule has 2 nitrogen and oxygen atoms in total. The molecule has 0 radical (unpaired) electrons. The Kier molecular flexibility index (Phi) is 7.66. The average Bonchev–Trinajstić information content (AvgIpc) is 2.44. The summed E-state index contributed by atoms with van der Waals surface area (Å²) in [4.78, 5) is 22.8. The first-order valence-electron chi connectivity index (χ1n) is 6.83. The van der Waals surface area contributed by atoms with Gasteiger partial charge in [-0.1, -0.05) is 61.6 Å². The fraction of sp³-hybridized carbons (Fsp3) is 0.222. The van der Waals surface area contributed by atoms with Gasteiger partial charge in [-0.05, 0) is 24.1 Å². The number of carbonyl (C=O) groups excluding carboxylic acids is 2. The fourth-order valence-corrected chi connectivity index (χ4v) is 1.64. The summed E-state index contributed by atoms with van der Waals surface area (Å²) in [7, 11) is 0. The van der Waals surface area contributed by atoms with Gasteiger partial charge in [0.2, 0.25) is 0 Å². The number of allylic oxidation sites excluding steroid dienone is 6. The smallest absolute Gasteiger partial charge is 0.160 e. The summed E-state index contributed by atoms with van der Waals surface area (Å²) >= 11 is 0. The molecule has 0 fully saturated rings. The van der Waals surface area contributed by atoms with Crippen LogP contribution in [0.15, 0.2) is 66.8 Å². The second-order valence-corrected chi connectivity index (χ2v) is 4.45. The zero-order chi connectivity index (χ0) is 14.6. The number of rotatable bonds is 8. The Bertz CT molecular complexity index is 507. The SMILES string of the molecule is CCCC(=O)/C=C/C=C/C=C/C(=O)Cc1ccccc1. The summed E-state index contributed by atoms with van der Waals surface area (Å²) in [5, 5.41) is 0. The van der Waals surface area contributed by atoms with Gasteiger partial charge in [-0.2, -0.15) is 0 Å². The number of carbonyl (C=O) groups is 2. The highest BCUT2D eigenvalue weighted by atomic mass is 16.1. The Morgan fingerprint density at radius 1 is 0.900 bits per heavy atom. The zero-order valence-corrected chi connectivity index (χ0v) is 11.8. The summed E-state index contributed by atoms with van der Waals surface area (Å²) in [5.41, 5.74) is 1.01. The molecule has 0 saturated heterocycles. The Labute approximate surface area is 120 Å². The van der Waals surface area contributed by atoms with Crippen LogP contribution >= 0.6 is 0 Å². The van der Waals surface area contributed by atoms with Crippen molar-refractivity contribution in [1.29, 1.82) is 0 Å². The molecule has 0 aromatic heterocycles. The lowest BCUT2D eigenvalue weighted by Crippen LogP contribution is -1.97. The molecule has 0 N–H and O–H groups in total. The Morgan fingerprint density at radius 3 is 2.10 bits per heavy atom. The van der Waals surface area contributed by atoms with Gasteiger partial charge in [-0.3, -0.25) is 9.59 Å². The highest BCUT2D eigenvalue weighted by molar-refractivity contribution is 5.91. The predicted molar refractivity (Wildman–Crippen MR) is 82.5 cm³/mol. The predicted octanol–water partition coefficient (Wildman–Crippen LogP) is 3.84. The van der Waals surface area contributed by atoms with Crippen LogP contribution in [-0.2, 0) is 16.0 Å². The first kappa shape index (κ1) is 15.8. The third-order valence-corrected chi connectivity index (χ3v) is 2.62. The van der Waals surface area contributed by atoms with E-state index in [9.17, 15) is 9.59 Å². The van der Waals surface area contributed by atoms with Gasteiger partial charge in [-0.15, -0.1) is 0 Å². The summed E-state index contributed by atoms with van der Waals surface area (Å²) in [6, 6.07) is 9.64. The molecule has 0 atom stereocenters. The van der Waals surface area contributed by atoms with Crippen molar-refractivity contribution in [3.05, 3.63) is 72.4 Å². The third-order valence-electron chi connectivity index (χ3n) is 2.62. The van der Waals surface area contributed by atoms with Crippen molar-refractivity contribution in [2.24, 2.45) is 0 Å². The molecule has 1 aromatic rings. The lowest BCUT2D eigenvalue weighted by molar-refractivity contribution is -0.115. The van der Waals surface area contributed by atoms with E-state index in [0.29, 0.717) is 12.8 Å². The average molecular weight is 268 g/mol. The van der Waals surface area contributed by atoms with E-state index in [4.69, 9.17) is 0 Å². The molecular formula is C18H20O2. The number of ketones is 2. The van der Waals surface area contributed by atoms with Gasteiger partial charge < -0.3 is 0 Å². The van der Waals surface area contributed by atoms with Gasteiger partial charge in [0.25, 0.3) is 0 Å². The molecule has 0 unspecified atom stereocenters. The van der Waals surface area contributed by atoms with E-state index in [1.807, 2.05) is 37.3 Å². The largest absolute Gasteiger partial charge is 0.295 e. The molecule has 0 spiro atoms. The van der Waals surface area contributed by atoms with Gasteiger partial charge >= 0.3 is 0 Å². The molecule has 2 heteroatoms. The van der Waals surface area contributed by atoms with Crippen LogP contribution in [0.2, 0.25) is 0 Å². The molecule has 20 heavy (non-hydrogen) atoms. The van der Waals surface area contributed by atoms with Crippen molar-refractivity contribution >= 4 is 11.6 Å². The topological polar surface area (TPSA) is 34.1 Å². The standard InChI is InChI=1S/C18H20O2/c1-2-10-17(19)13-8-3-4-9-14-18(20)15-16-11-6-5-7-12-16/h3-9,11-14H,2,10,15H2,1H3/b4-3+,13-8+,14-9+. The quantitative estimate of drug-likeness (QED) is 0.530. The van der Waals surface area contributed by atoms with Crippen LogP contribution in [0.1, 0.15) is 25.3 Å². The fourth-order valence-electron chi connectivity index (χ4n) is 1.64. The van der Waals surface area contributed by atoms with Gasteiger partial charge in [-0.25, -0.2) is 0 Å². The van der Waals surface area contributed by atoms with Crippen LogP contribution in [0.4, 0.5) is 0 Å². The molecule has 0 amide bonds. The van der Waals surface area contributed by atoms with Crippen LogP contribution in [0.5, 0.6) is 0 Å². The Morgan fingerprint density at radius 2 is 1.50 bits per heavy atom. The van der Waals surface area contributed by atoms with Crippen LogP contribution in [0.3, 0.4) is 0 Å². The maximum absolute atomic E-state index is 11.6. The van der Waals surface area contributed by atoms with Crippen LogP contribution < -0.4 is 0 Å². The molecule has 1 rings (SSSR count). The number of hydrogen-bond acceptors (Lipinski definition) is 2. The van der Waals surface area contributed by atoms with Crippen molar-refractivity contribution in [3.8, 4) is 0 Å². The Balaban J connectivity index is 2.33. The van der Waals surface area contributed by atoms with Crippen LogP contribution in [-0.4, -0.2) is 11.6 Å². The maximum Gasteiger partial charge on any atom is 0.160 e. The lowest BCUT2D eigenvalue weighted by atomic mass is 10.1. The van der Waals surface area contributed by atoms with Crippen LogP contribution in [0, 0.1) is 0 Å². The summed E-state index contributed by atoms with van der Waals surface area (Å²) in [6.45, 7) is 1.97. The monoisotopic (exact) mass is 268 g/mol. The van der Waals surface area contributed by atoms with E-state index in [2.05, 4.69) is 0 Å². The minimum Gasteiger partial charge on any atom is -0.295 e. The third kappa shape index (κ3) is 7.27. The molecule has 0 saturated carbocycles. The van der Waals surface area contributed by atoms with E-state index in [0.717, 1.165) is 12.0 Å². The zero-order valence-electron chi connectivity index (χ0n) is 11.8. The molecule has 1 aromatic carbocycles. The number of hydrogen-bond donors (Lipinski definition) is 0. The first-order valence-corrected chi connectivity index (χ1v) is 6.83. The molecule has 0 aliphatic rings. The van der Waals surface area contributed by atoms with Gasteiger partial charge in [0.15, 0.2) is 11.6 Å². The minimum atomic E-state index is 0.0619. The maximum atomic E-state index is 11.6. The van der Waals surface area contributed by atoms with Crippen molar-refractivity contribution in [2.75, 3.05) is 0 Å². The molecular weight excluding hydrogens is 248 g/mol. The van der Waals surface area contributed by atoms with Gasteiger partial charge in [0, 0.05) is 12.8 Å². The molecule has 0 bridgehead atoms. The van der Waals surface area contributed by atoms with E-state index in [-0.39, 0.29) is 11.6 Å². The summed E-state index contributed by atoms with van der Waals surface area (Å²) in [6.07, 6.45) is 11.8. The second-order valence-electron chi connectivity index (χ2n) is 4.45. The minimum absolute atomic E-state index is 0.0619. The highest BCUT2D eigenvalue weighted by Gasteiger charge is 1.97. The summed E-state index contributed by atoms with van der Waals surface area (Å²) < 4.78 is 0. The normalized spacial score (nSPS) is 11.7. The van der Waals surface area contributed by atoms with E-state index >= 15 is 0 Å². The lowest BCUT2D eigenvalue weighted by Gasteiger charge is -1.95. The molecule has 104 valence electrons. The van der Waals surface area contributed by atoms with Crippen molar-refractivity contribution in [3.63, 3.8) is 0 Å². The molecule has 0 aliphatic heterocycles. The summed E-state index contributed by atoms with van der Waals surface area (Å²) in [5.74, 6) is 0.188. The Hall–Kier alpha value is -2.22. The molecule has 0 heterocycles. The highest BCUT2D eigenvalue weighted by Crippen LogP contribution is 2.00. The van der Waals surface area contributed by atoms with Gasteiger partial charge in [0.1, 0.15) is 0 Å². The van der Waals surface area contributed by atoms with Crippen molar-refractivity contribution in [2.45, 2.75) is 26.2 Å². The molecule has 0 aliphatic carbocycles. The van der Waals surface area contributed by atoms with Gasteiger partial charge in [0.05, 0.1) is 0 Å². The van der Waals surface area contributed by atoms with E-state index in [1.54, 1.807) is 36.5 Å². The van der Waals surface area contributed by atoms with Crippen LogP contribution in [0.25, 0.3) is 0 Å². The van der Waals surface area contributed by atoms with E-state index < -0.39 is 0 Å². The van der Waals surface area contributed by atoms with Crippen molar-refractivity contribution in [1.82, 2.24) is 0 Å². The van der Waals surface area contributed by atoms with Crippen molar-refractivity contribution < 1.29 is 9.59 Å².